The van der Waals surface area contributed by atoms with E-state index in [1.165, 1.54) is 7.11 Å². The summed E-state index contributed by atoms with van der Waals surface area (Å²) in [5.74, 6) is 0.466. The minimum Gasteiger partial charge on any atom is -0.465 e. The molecule has 0 spiro atoms. The molecule has 1 N–H and O–H groups in total. The molecule has 0 aliphatic carbocycles. The van der Waals surface area contributed by atoms with Gasteiger partial charge in [-0.2, -0.15) is 5.10 Å². The number of fused-ring (bicyclic) bond motifs is 1. The largest absolute Gasteiger partial charge is 0.465 e. The number of esters is 1. The van der Waals surface area contributed by atoms with Crippen molar-refractivity contribution in [1.29, 1.82) is 0 Å². The number of rotatable bonds is 1. The van der Waals surface area contributed by atoms with Gasteiger partial charge in [-0.25, -0.2) is 9.48 Å². The van der Waals surface area contributed by atoms with Gasteiger partial charge in [0.25, 0.3) is 0 Å². The van der Waals surface area contributed by atoms with E-state index in [0.29, 0.717) is 11.6 Å². The summed E-state index contributed by atoms with van der Waals surface area (Å²) in [6.07, 6.45) is 1.02. The third-order valence-corrected chi connectivity index (χ3v) is 2.67. The second kappa shape index (κ2) is 3.56. The van der Waals surface area contributed by atoms with Crippen molar-refractivity contribution in [3.63, 3.8) is 0 Å². The monoisotopic (exact) mass is 209 g/mol. The molecule has 0 amide bonds. The number of carbonyl (C=O) groups excluding carboxylic acids is 1. The molecule has 0 aromatic carbocycles. The Bertz CT molecular complexity index is 398. The number of aryl methyl sites for hydroxylation is 2. The van der Waals surface area contributed by atoms with E-state index >= 15 is 0 Å². The molecular formula is C10H15N3O2. The van der Waals surface area contributed by atoms with Gasteiger partial charge in [-0.15, -0.1) is 0 Å². The van der Waals surface area contributed by atoms with Crippen LogP contribution in [0.15, 0.2) is 0 Å². The first-order chi connectivity index (χ1) is 7.13. The Morgan fingerprint density at radius 3 is 3.07 bits per heavy atom. The van der Waals surface area contributed by atoms with Crippen LogP contribution in [0.3, 0.4) is 0 Å². The second-order valence-corrected chi connectivity index (χ2v) is 3.86. The minimum absolute atomic E-state index is 0.324. The van der Waals surface area contributed by atoms with Crippen molar-refractivity contribution in [2.75, 3.05) is 12.4 Å². The van der Waals surface area contributed by atoms with Crippen molar-refractivity contribution in [3.05, 3.63) is 11.3 Å². The zero-order valence-corrected chi connectivity index (χ0v) is 9.20. The molecule has 1 aliphatic heterocycles. The summed E-state index contributed by atoms with van der Waals surface area (Å²) >= 11 is 0. The van der Waals surface area contributed by atoms with E-state index in [1.54, 1.807) is 0 Å². The fraction of sp³-hybridized carbons (Fsp3) is 0.600. The molecule has 1 aromatic heterocycles. The maximum absolute atomic E-state index is 11.6. The maximum atomic E-state index is 11.6. The van der Waals surface area contributed by atoms with Crippen LogP contribution in [0.1, 0.15) is 29.4 Å². The van der Waals surface area contributed by atoms with Crippen LogP contribution in [0.4, 0.5) is 5.82 Å². The highest BCUT2D eigenvalue weighted by molar-refractivity contribution is 5.96. The predicted molar refractivity (Wildman–Crippen MR) is 56.0 cm³/mol. The molecule has 0 bridgehead atoms. The van der Waals surface area contributed by atoms with Gasteiger partial charge >= 0.3 is 5.97 Å². The first-order valence-corrected chi connectivity index (χ1v) is 5.05. The van der Waals surface area contributed by atoms with Gasteiger partial charge < -0.3 is 10.1 Å². The highest BCUT2D eigenvalue weighted by Gasteiger charge is 2.25. The van der Waals surface area contributed by atoms with E-state index in [1.807, 2.05) is 11.6 Å². The number of aromatic nitrogens is 2. The van der Waals surface area contributed by atoms with E-state index in [4.69, 9.17) is 4.74 Å². The number of ether oxygens (including phenoxy) is 1. The number of hydrogen-bond donors (Lipinski definition) is 1. The molecule has 1 atom stereocenters. The Balaban J connectivity index is 2.46. The van der Waals surface area contributed by atoms with Gasteiger partial charge in [0.15, 0.2) is 0 Å². The quantitative estimate of drug-likeness (QED) is 0.706. The molecule has 1 aliphatic rings. The third-order valence-electron chi connectivity index (χ3n) is 2.67. The number of nitrogens with zero attached hydrogens (tertiary/aromatic N) is 2. The summed E-state index contributed by atoms with van der Waals surface area (Å²) in [7, 11) is 1.39. The zero-order valence-electron chi connectivity index (χ0n) is 9.20. The second-order valence-electron chi connectivity index (χ2n) is 3.86. The van der Waals surface area contributed by atoms with Gasteiger partial charge in [0.05, 0.1) is 12.8 Å². The van der Waals surface area contributed by atoms with Crippen LogP contribution in [-0.2, 0) is 11.3 Å². The van der Waals surface area contributed by atoms with E-state index < -0.39 is 0 Å². The lowest BCUT2D eigenvalue weighted by Crippen LogP contribution is -2.27. The van der Waals surface area contributed by atoms with Crippen molar-refractivity contribution in [1.82, 2.24) is 9.78 Å². The van der Waals surface area contributed by atoms with E-state index in [9.17, 15) is 4.79 Å². The molecule has 5 heteroatoms. The Hall–Kier alpha value is -1.52. The standard InChI is InChI=1S/C10H15N3O2/c1-6-4-5-13-9(11-6)8(7(2)12-13)10(14)15-3/h6,11H,4-5H2,1-3H3. The first kappa shape index (κ1) is 10.0. The lowest BCUT2D eigenvalue weighted by Gasteiger charge is -2.22. The highest BCUT2D eigenvalue weighted by Crippen LogP contribution is 2.25. The average Bonchev–Trinajstić information content (AvgIpc) is 2.52. The number of carbonyl (C=O) groups is 1. The van der Waals surface area contributed by atoms with Gasteiger partial charge in [-0.3, -0.25) is 0 Å². The number of anilines is 1. The van der Waals surface area contributed by atoms with Crippen LogP contribution in [0, 0.1) is 6.92 Å². The fourth-order valence-electron chi connectivity index (χ4n) is 1.86. The number of nitrogens with one attached hydrogen (secondary N) is 1. The van der Waals surface area contributed by atoms with Crippen LogP contribution < -0.4 is 5.32 Å². The molecule has 0 saturated heterocycles. The topological polar surface area (TPSA) is 56.1 Å². The average molecular weight is 209 g/mol. The van der Waals surface area contributed by atoms with Crippen molar-refractivity contribution < 1.29 is 9.53 Å². The van der Waals surface area contributed by atoms with E-state index in [-0.39, 0.29) is 5.97 Å². The Kier molecular flexibility index (Phi) is 2.38. The lowest BCUT2D eigenvalue weighted by atomic mass is 10.1. The van der Waals surface area contributed by atoms with Gasteiger partial charge in [0.2, 0.25) is 0 Å². The zero-order chi connectivity index (χ0) is 11.0. The fourth-order valence-corrected chi connectivity index (χ4v) is 1.86. The van der Waals surface area contributed by atoms with E-state index in [0.717, 1.165) is 24.5 Å². The van der Waals surface area contributed by atoms with Crippen LogP contribution in [-0.4, -0.2) is 28.9 Å². The normalized spacial score (nSPS) is 19.3. The van der Waals surface area contributed by atoms with Gasteiger partial charge in [-0.05, 0) is 20.3 Å². The van der Waals surface area contributed by atoms with Crippen LogP contribution in [0.2, 0.25) is 0 Å². The Labute approximate surface area is 88.4 Å². The molecule has 2 rings (SSSR count). The minimum atomic E-state index is -0.324. The predicted octanol–water partition coefficient (Wildman–Crippen LogP) is 1.18. The highest BCUT2D eigenvalue weighted by atomic mass is 16.5. The Morgan fingerprint density at radius 2 is 2.40 bits per heavy atom. The summed E-state index contributed by atoms with van der Waals surface area (Å²) in [6.45, 7) is 4.76. The van der Waals surface area contributed by atoms with Crippen LogP contribution >= 0.6 is 0 Å². The smallest absolute Gasteiger partial charge is 0.343 e. The van der Waals surface area contributed by atoms with Crippen molar-refractivity contribution in [3.8, 4) is 0 Å². The Morgan fingerprint density at radius 1 is 1.67 bits per heavy atom. The molecular weight excluding hydrogens is 194 g/mol. The molecule has 82 valence electrons. The maximum Gasteiger partial charge on any atom is 0.343 e. The summed E-state index contributed by atoms with van der Waals surface area (Å²) < 4.78 is 6.58. The van der Waals surface area contributed by atoms with Crippen molar-refractivity contribution in [2.24, 2.45) is 0 Å². The van der Waals surface area contributed by atoms with Crippen molar-refractivity contribution >= 4 is 11.8 Å². The molecule has 0 saturated carbocycles. The molecule has 1 unspecified atom stereocenters. The summed E-state index contributed by atoms with van der Waals surface area (Å²) in [5, 5.41) is 7.57. The molecule has 2 heterocycles. The number of methoxy groups -OCH3 is 1. The molecule has 5 nitrogen and oxygen atoms in total. The number of hydrogen-bond acceptors (Lipinski definition) is 4. The SMILES string of the molecule is COC(=O)c1c(C)nn2c1NC(C)CC2. The summed E-state index contributed by atoms with van der Waals surface area (Å²) in [5.41, 5.74) is 1.28. The van der Waals surface area contributed by atoms with Gasteiger partial charge in [0.1, 0.15) is 11.4 Å². The summed E-state index contributed by atoms with van der Waals surface area (Å²) in [4.78, 5) is 11.6. The molecule has 1 aromatic rings. The van der Waals surface area contributed by atoms with Crippen LogP contribution in [0.5, 0.6) is 0 Å². The third kappa shape index (κ3) is 1.58. The van der Waals surface area contributed by atoms with Gasteiger partial charge in [-0.1, -0.05) is 0 Å². The first-order valence-electron chi connectivity index (χ1n) is 5.05. The van der Waals surface area contributed by atoms with Crippen LogP contribution in [0.25, 0.3) is 0 Å². The lowest BCUT2D eigenvalue weighted by molar-refractivity contribution is 0.0601. The van der Waals surface area contributed by atoms with Gasteiger partial charge in [0, 0.05) is 12.6 Å². The molecule has 0 radical (unpaired) electrons. The van der Waals surface area contributed by atoms with E-state index in [2.05, 4.69) is 17.3 Å². The summed E-state index contributed by atoms with van der Waals surface area (Å²) in [6, 6.07) is 0.372. The molecule has 0 fully saturated rings. The molecule has 15 heavy (non-hydrogen) atoms. The van der Waals surface area contributed by atoms with Crippen molar-refractivity contribution in [2.45, 2.75) is 32.9 Å².